The minimum atomic E-state index is -0.467. The summed E-state index contributed by atoms with van der Waals surface area (Å²) in [4.78, 5) is 38.9. The number of hydrogen-bond donors (Lipinski definition) is 0. The lowest BCUT2D eigenvalue weighted by Gasteiger charge is -2.21. The van der Waals surface area contributed by atoms with Crippen molar-refractivity contribution in [2.75, 3.05) is 0 Å². The summed E-state index contributed by atoms with van der Waals surface area (Å²) in [6, 6.07) is 9.51. The molecule has 4 nitrogen and oxygen atoms in total. The largest absolute Gasteiger partial charge is 0.299 e. The number of imide groups is 1. The van der Waals surface area contributed by atoms with Gasteiger partial charge < -0.3 is 0 Å². The highest BCUT2D eigenvalue weighted by Crippen LogP contribution is 2.32. The van der Waals surface area contributed by atoms with E-state index in [1.54, 1.807) is 0 Å². The van der Waals surface area contributed by atoms with Crippen molar-refractivity contribution in [2.45, 2.75) is 58.9 Å². The van der Waals surface area contributed by atoms with E-state index in [1.165, 1.54) is 4.90 Å². The third-order valence-electron chi connectivity index (χ3n) is 4.74. The van der Waals surface area contributed by atoms with Crippen molar-refractivity contribution in [3.63, 3.8) is 0 Å². The molecule has 0 saturated carbocycles. The molecule has 0 N–H and O–H groups in total. The molecular formula is C20H27NO3. The monoisotopic (exact) mass is 329 g/mol. The molecule has 0 radical (unpaired) electrons. The highest BCUT2D eigenvalue weighted by Gasteiger charge is 2.44. The molecule has 0 aliphatic carbocycles. The Morgan fingerprint density at radius 3 is 2.50 bits per heavy atom. The van der Waals surface area contributed by atoms with E-state index in [2.05, 4.69) is 0 Å². The first-order valence-electron chi connectivity index (χ1n) is 8.99. The van der Waals surface area contributed by atoms with Crippen LogP contribution in [0.5, 0.6) is 0 Å². The molecule has 130 valence electrons. The molecule has 1 aliphatic heterocycles. The molecule has 2 rings (SSSR count). The molecule has 1 saturated heterocycles. The smallest absolute Gasteiger partial charge is 0.233 e. The number of amides is 2. The van der Waals surface area contributed by atoms with Gasteiger partial charge in [-0.15, -0.1) is 0 Å². The average molecular weight is 329 g/mol. The van der Waals surface area contributed by atoms with Gasteiger partial charge in [-0.2, -0.15) is 0 Å². The maximum Gasteiger partial charge on any atom is 0.233 e. The van der Waals surface area contributed by atoms with Crippen LogP contribution in [0.15, 0.2) is 30.3 Å². The maximum absolute atomic E-state index is 12.8. The molecule has 1 aromatic rings. The summed E-state index contributed by atoms with van der Waals surface area (Å²) in [5.74, 6) is -0.957. The van der Waals surface area contributed by atoms with Crippen molar-refractivity contribution in [3.8, 4) is 0 Å². The molecule has 0 spiro atoms. The molecule has 2 unspecified atom stereocenters. The predicted octanol–water partition coefficient (Wildman–Crippen LogP) is 3.74. The number of unbranched alkanes of at least 4 members (excludes halogenated alkanes) is 1. The summed E-state index contributed by atoms with van der Waals surface area (Å²) in [5, 5.41) is 0. The van der Waals surface area contributed by atoms with Crippen LogP contribution < -0.4 is 0 Å². The van der Waals surface area contributed by atoms with E-state index in [4.69, 9.17) is 0 Å². The Balaban J connectivity index is 2.11. The Morgan fingerprint density at radius 2 is 1.88 bits per heavy atom. The van der Waals surface area contributed by atoms with Crippen LogP contribution >= 0.6 is 0 Å². The maximum atomic E-state index is 12.8. The van der Waals surface area contributed by atoms with Gasteiger partial charge in [-0.05, 0) is 18.4 Å². The molecule has 0 bridgehead atoms. The molecule has 4 heteroatoms. The van der Waals surface area contributed by atoms with E-state index in [0.29, 0.717) is 19.4 Å². The minimum absolute atomic E-state index is 0.145. The minimum Gasteiger partial charge on any atom is -0.299 e. The van der Waals surface area contributed by atoms with Gasteiger partial charge in [-0.3, -0.25) is 19.3 Å². The van der Waals surface area contributed by atoms with E-state index in [9.17, 15) is 14.4 Å². The second kappa shape index (κ2) is 8.76. The van der Waals surface area contributed by atoms with Gasteiger partial charge in [0.05, 0.1) is 12.5 Å². The van der Waals surface area contributed by atoms with Crippen LogP contribution in [0.2, 0.25) is 0 Å². The first-order chi connectivity index (χ1) is 11.6. The van der Waals surface area contributed by atoms with E-state index in [1.807, 2.05) is 44.2 Å². The van der Waals surface area contributed by atoms with Crippen molar-refractivity contribution in [2.24, 2.45) is 11.8 Å². The third kappa shape index (κ3) is 4.31. The number of likely N-dealkylation sites (tertiary alicyclic amines) is 1. The fraction of sp³-hybridized carbons (Fsp3) is 0.550. The zero-order chi connectivity index (χ0) is 17.5. The summed E-state index contributed by atoms with van der Waals surface area (Å²) in [5.41, 5.74) is 0.934. The molecule has 2 atom stereocenters. The van der Waals surface area contributed by atoms with Crippen molar-refractivity contribution in [1.82, 2.24) is 4.90 Å². The second-order valence-electron chi connectivity index (χ2n) is 6.58. The molecule has 1 heterocycles. The van der Waals surface area contributed by atoms with Gasteiger partial charge >= 0.3 is 0 Å². The Bertz CT molecular complexity index is 582. The highest BCUT2D eigenvalue weighted by atomic mass is 16.2. The van der Waals surface area contributed by atoms with Gasteiger partial charge in [-0.1, -0.05) is 57.0 Å². The number of carbonyl (C=O) groups excluding carboxylic acids is 3. The van der Waals surface area contributed by atoms with Crippen molar-refractivity contribution in [3.05, 3.63) is 35.9 Å². The van der Waals surface area contributed by atoms with Gasteiger partial charge in [-0.25, -0.2) is 0 Å². The fourth-order valence-electron chi connectivity index (χ4n) is 3.39. The van der Waals surface area contributed by atoms with Crippen LogP contribution in [0.1, 0.15) is 57.9 Å². The van der Waals surface area contributed by atoms with E-state index >= 15 is 0 Å². The molecular weight excluding hydrogens is 302 g/mol. The van der Waals surface area contributed by atoms with Crippen LogP contribution in [0.4, 0.5) is 0 Å². The number of nitrogens with zero attached hydrogens (tertiary/aromatic N) is 1. The lowest BCUT2D eigenvalue weighted by atomic mass is 9.82. The van der Waals surface area contributed by atoms with Crippen molar-refractivity contribution >= 4 is 17.6 Å². The van der Waals surface area contributed by atoms with Crippen LogP contribution in [-0.2, 0) is 20.9 Å². The Morgan fingerprint density at radius 1 is 1.17 bits per heavy atom. The van der Waals surface area contributed by atoms with Crippen LogP contribution in [0.25, 0.3) is 0 Å². The Labute approximate surface area is 144 Å². The van der Waals surface area contributed by atoms with Gasteiger partial charge in [0, 0.05) is 18.8 Å². The van der Waals surface area contributed by atoms with Crippen LogP contribution in [-0.4, -0.2) is 22.5 Å². The average Bonchev–Trinajstić information content (AvgIpc) is 2.86. The molecule has 2 amide bonds. The molecule has 24 heavy (non-hydrogen) atoms. The quantitative estimate of drug-likeness (QED) is 0.649. The Hall–Kier alpha value is -1.97. The van der Waals surface area contributed by atoms with Crippen LogP contribution in [0.3, 0.4) is 0 Å². The number of carbonyl (C=O) groups is 3. The molecule has 0 aromatic heterocycles. The molecule has 1 aromatic carbocycles. The Kier molecular flexibility index (Phi) is 6.71. The van der Waals surface area contributed by atoms with E-state index in [-0.39, 0.29) is 29.9 Å². The SMILES string of the molecule is CCCCC(=O)C(CCC)C1CC(=O)N(Cc2ccccc2)C1=O. The lowest BCUT2D eigenvalue weighted by Crippen LogP contribution is -2.34. The first kappa shape index (κ1) is 18.4. The standard InChI is InChI=1S/C20H27NO3/c1-3-5-12-18(22)16(9-4-2)17-13-19(23)21(20(17)24)14-15-10-7-6-8-11-15/h6-8,10-11,16-17H,3-5,9,12-14H2,1-2H3. The number of ketones is 1. The first-order valence-corrected chi connectivity index (χ1v) is 8.99. The zero-order valence-corrected chi connectivity index (χ0v) is 14.7. The summed E-state index contributed by atoms with van der Waals surface area (Å²) < 4.78 is 0. The van der Waals surface area contributed by atoms with Crippen molar-refractivity contribution < 1.29 is 14.4 Å². The lowest BCUT2D eigenvalue weighted by molar-refractivity contribution is -0.142. The summed E-state index contributed by atoms with van der Waals surface area (Å²) in [6.07, 6.45) is 4.03. The topological polar surface area (TPSA) is 54.5 Å². The van der Waals surface area contributed by atoms with E-state index < -0.39 is 5.92 Å². The summed E-state index contributed by atoms with van der Waals surface area (Å²) >= 11 is 0. The normalized spacial score (nSPS) is 18.9. The number of benzene rings is 1. The summed E-state index contributed by atoms with van der Waals surface area (Å²) in [7, 11) is 0. The molecule has 1 fully saturated rings. The van der Waals surface area contributed by atoms with Gasteiger partial charge in [0.2, 0.25) is 11.8 Å². The molecule has 1 aliphatic rings. The van der Waals surface area contributed by atoms with Gasteiger partial charge in [0.1, 0.15) is 5.78 Å². The van der Waals surface area contributed by atoms with Crippen LogP contribution in [0, 0.1) is 11.8 Å². The van der Waals surface area contributed by atoms with E-state index in [0.717, 1.165) is 24.8 Å². The number of rotatable bonds is 9. The van der Waals surface area contributed by atoms with Gasteiger partial charge in [0.25, 0.3) is 0 Å². The fourth-order valence-corrected chi connectivity index (χ4v) is 3.39. The summed E-state index contributed by atoms with van der Waals surface area (Å²) in [6.45, 7) is 4.37. The predicted molar refractivity (Wildman–Crippen MR) is 93.0 cm³/mol. The number of hydrogen-bond acceptors (Lipinski definition) is 3. The number of Topliss-reactive ketones (excluding diaryl/α,β-unsaturated/α-hetero) is 1. The second-order valence-corrected chi connectivity index (χ2v) is 6.58. The zero-order valence-electron chi connectivity index (χ0n) is 14.7. The third-order valence-corrected chi connectivity index (χ3v) is 4.74. The van der Waals surface area contributed by atoms with Crippen molar-refractivity contribution in [1.29, 1.82) is 0 Å². The highest BCUT2D eigenvalue weighted by molar-refractivity contribution is 6.05. The van der Waals surface area contributed by atoms with Gasteiger partial charge in [0.15, 0.2) is 0 Å².